The molecule has 0 radical (unpaired) electrons. The van der Waals surface area contributed by atoms with Gasteiger partial charge in [0.25, 0.3) is 5.91 Å². The summed E-state index contributed by atoms with van der Waals surface area (Å²) in [6.45, 7) is 0.0805. The monoisotopic (exact) mass is 525 g/mol. The summed E-state index contributed by atoms with van der Waals surface area (Å²) < 4.78 is 29.4. The highest BCUT2D eigenvalue weighted by Gasteiger charge is 2.36. The van der Waals surface area contributed by atoms with E-state index in [4.69, 9.17) is 6.42 Å². The first-order valence-electron chi connectivity index (χ1n) is 11.5. The van der Waals surface area contributed by atoms with E-state index in [0.717, 1.165) is 11.1 Å². The molecule has 0 bridgehead atoms. The minimum absolute atomic E-state index is 0.0805. The van der Waals surface area contributed by atoms with E-state index in [1.54, 1.807) is 31.5 Å². The molecule has 4 aromatic rings. The van der Waals surface area contributed by atoms with Crippen LogP contribution in [0.1, 0.15) is 27.7 Å². The van der Waals surface area contributed by atoms with Crippen LogP contribution in [0.3, 0.4) is 0 Å². The van der Waals surface area contributed by atoms with E-state index >= 15 is 0 Å². The number of thiazole rings is 1. The van der Waals surface area contributed by atoms with Crippen molar-refractivity contribution in [2.24, 2.45) is 0 Å². The lowest BCUT2D eigenvalue weighted by Crippen LogP contribution is -2.32. The second kappa shape index (κ2) is 10.1. The molecule has 0 N–H and O–H groups in total. The molecule has 184 valence electrons. The lowest BCUT2D eigenvalue weighted by molar-refractivity contribution is -0.112. The van der Waals surface area contributed by atoms with Gasteiger partial charge in [0, 0.05) is 24.2 Å². The first-order chi connectivity index (χ1) is 17.9. The maximum Gasteiger partial charge on any atom is 0.259 e. The van der Waals surface area contributed by atoms with Gasteiger partial charge >= 0.3 is 0 Å². The topological polar surface area (TPSA) is 70.6 Å². The summed E-state index contributed by atoms with van der Waals surface area (Å²) >= 11 is 1.39. The molecule has 0 spiro atoms. The van der Waals surface area contributed by atoms with E-state index in [2.05, 4.69) is 10.9 Å². The van der Waals surface area contributed by atoms with E-state index in [0.29, 0.717) is 21.8 Å². The molecule has 0 saturated carbocycles. The maximum absolute atomic E-state index is 14.0. The summed E-state index contributed by atoms with van der Waals surface area (Å²) in [5.74, 6) is 2.23. The zero-order chi connectivity index (χ0) is 26.0. The van der Waals surface area contributed by atoms with Crippen molar-refractivity contribution < 1.29 is 13.2 Å². The largest absolute Gasteiger partial charge is 0.296 e. The van der Waals surface area contributed by atoms with Crippen molar-refractivity contribution >= 4 is 44.6 Å². The van der Waals surface area contributed by atoms with Crippen molar-refractivity contribution in [1.82, 2.24) is 9.29 Å². The van der Waals surface area contributed by atoms with Crippen molar-refractivity contribution in [3.63, 3.8) is 0 Å². The zero-order valence-electron chi connectivity index (χ0n) is 20.0. The average Bonchev–Trinajstić information content (AvgIpc) is 3.53. The number of carbonyl (C=O) groups excluding carboxylic acids is 1. The smallest absolute Gasteiger partial charge is 0.259 e. The number of carbonyl (C=O) groups is 1. The number of sulfonamides is 1. The Morgan fingerprint density at radius 1 is 1.05 bits per heavy atom. The van der Waals surface area contributed by atoms with Crippen molar-refractivity contribution in [2.45, 2.75) is 10.9 Å². The fourth-order valence-corrected chi connectivity index (χ4v) is 6.43. The lowest BCUT2D eigenvalue weighted by atomic mass is 9.99. The van der Waals surface area contributed by atoms with Gasteiger partial charge in [0.2, 0.25) is 10.0 Å². The molecule has 6 nitrogen and oxygen atoms in total. The summed E-state index contributed by atoms with van der Waals surface area (Å²) in [6.07, 6.45) is 8.85. The Balaban J connectivity index is 1.61. The Kier molecular flexibility index (Phi) is 6.76. The van der Waals surface area contributed by atoms with Crippen LogP contribution in [0.2, 0.25) is 0 Å². The number of rotatable bonds is 7. The molecule has 1 aliphatic rings. The van der Waals surface area contributed by atoms with Crippen molar-refractivity contribution in [1.29, 1.82) is 0 Å². The second-order valence-electron chi connectivity index (χ2n) is 8.45. The Morgan fingerprint density at radius 3 is 2.27 bits per heavy atom. The van der Waals surface area contributed by atoms with Crippen molar-refractivity contribution in [3.8, 4) is 12.3 Å². The Morgan fingerprint density at radius 2 is 1.70 bits per heavy atom. The lowest BCUT2D eigenvalue weighted by Gasteiger charge is -2.28. The maximum atomic E-state index is 14.0. The summed E-state index contributed by atoms with van der Waals surface area (Å²) in [7, 11) is -2.39. The molecule has 0 saturated heterocycles. The van der Waals surface area contributed by atoms with Gasteiger partial charge in [0.05, 0.1) is 28.7 Å². The van der Waals surface area contributed by atoms with Crippen molar-refractivity contribution in [3.05, 3.63) is 112 Å². The highest BCUT2D eigenvalue weighted by molar-refractivity contribution is 7.89. The van der Waals surface area contributed by atoms with Crippen LogP contribution < -0.4 is 4.90 Å². The van der Waals surface area contributed by atoms with Crippen LogP contribution in [0.5, 0.6) is 0 Å². The third-order valence-corrected chi connectivity index (χ3v) is 8.81. The Labute approximate surface area is 220 Å². The van der Waals surface area contributed by atoms with E-state index in [9.17, 15) is 13.2 Å². The van der Waals surface area contributed by atoms with Crippen LogP contribution in [0, 0.1) is 12.3 Å². The fraction of sp³-hybridized carbons (Fsp3) is 0.103. The number of benzene rings is 3. The molecule has 0 aliphatic carbocycles. The van der Waals surface area contributed by atoms with E-state index in [1.807, 2.05) is 66.0 Å². The highest BCUT2D eigenvalue weighted by Crippen LogP contribution is 2.40. The minimum atomic E-state index is -3.97. The molecular weight excluding hydrogens is 502 g/mol. The molecule has 8 heteroatoms. The van der Waals surface area contributed by atoms with Gasteiger partial charge in [-0.3, -0.25) is 9.69 Å². The van der Waals surface area contributed by atoms with E-state index in [1.165, 1.54) is 26.6 Å². The molecule has 1 aromatic heterocycles. The zero-order valence-corrected chi connectivity index (χ0v) is 21.6. The van der Waals surface area contributed by atoms with Gasteiger partial charge in [0.15, 0.2) is 0 Å². The van der Waals surface area contributed by atoms with E-state index in [-0.39, 0.29) is 17.3 Å². The van der Waals surface area contributed by atoms with Gasteiger partial charge in [-0.25, -0.2) is 13.4 Å². The standard InChI is InChI=1S/C29H23N3O3S2/c1-3-17-32-26-15-14-23(19-24(26)25(29(32)33)20-27-30-16-18-36-27)37(34,35)31(2)28(21-10-6-4-7-11-21)22-12-8-5-9-13-22/h1,4-16,18-20,28H,17H2,2H3/b25-20+. The quantitative estimate of drug-likeness (QED) is 0.249. The van der Waals surface area contributed by atoms with Gasteiger partial charge in [-0.1, -0.05) is 66.6 Å². The normalized spacial score (nSPS) is 14.4. The molecule has 0 fully saturated rings. The molecule has 1 aliphatic heterocycles. The molecule has 1 amide bonds. The van der Waals surface area contributed by atoms with Crippen LogP contribution >= 0.6 is 11.3 Å². The van der Waals surface area contributed by atoms with Gasteiger partial charge in [-0.2, -0.15) is 4.31 Å². The molecular formula is C29H23N3O3S2. The molecule has 0 atom stereocenters. The molecule has 0 unspecified atom stereocenters. The third-order valence-electron chi connectivity index (χ3n) is 6.26. The Hall–Kier alpha value is -4.03. The summed E-state index contributed by atoms with van der Waals surface area (Å²) in [5, 5.41) is 2.46. The predicted octanol–water partition coefficient (Wildman–Crippen LogP) is 5.07. The second-order valence-corrected chi connectivity index (χ2v) is 11.4. The van der Waals surface area contributed by atoms with E-state index < -0.39 is 16.1 Å². The van der Waals surface area contributed by atoms with Crippen LogP contribution in [0.15, 0.2) is 95.3 Å². The first-order valence-corrected chi connectivity index (χ1v) is 13.8. The van der Waals surface area contributed by atoms with Gasteiger partial charge in [0.1, 0.15) is 5.01 Å². The number of hydrogen-bond donors (Lipinski definition) is 0. The molecule has 37 heavy (non-hydrogen) atoms. The van der Waals surface area contributed by atoms with Crippen LogP contribution in [-0.4, -0.2) is 37.2 Å². The number of nitrogens with zero attached hydrogens (tertiary/aromatic N) is 3. The van der Waals surface area contributed by atoms with Crippen LogP contribution in [0.4, 0.5) is 5.69 Å². The number of anilines is 1. The molecule has 2 heterocycles. The Bertz CT molecular complexity index is 1570. The molecule has 5 rings (SSSR count). The SMILES string of the molecule is C#CCN1C(=O)/C(=C/c2nccs2)c2cc(S(=O)(=O)N(C)C(c3ccccc3)c3ccccc3)ccc21. The van der Waals surface area contributed by atoms with Crippen LogP contribution in [0.25, 0.3) is 11.6 Å². The van der Waals surface area contributed by atoms with Gasteiger partial charge in [-0.15, -0.1) is 17.8 Å². The number of fused-ring (bicyclic) bond motifs is 1. The number of hydrogen-bond acceptors (Lipinski definition) is 5. The van der Waals surface area contributed by atoms with Crippen molar-refractivity contribution in [2.75, 3.05) is 18.5 Å². The molecule has 3 aromatic carbocycles. The summed E-state index contributed by atoms with van der Waals surface area (Å²) in [4.78, 5) is 19.0. The third kappa shape index (κ3) is 4.60. The van der Waals surface area contributed by atoms with Gasteiger partial charge in [-0.05, 0) is 35.4 Å². The predicted molar refractivity (Wildman–Crippen MR) is 147 cm³/mol. The summed E-state index contributed by atoms with van der Waals surface area (Å²) in [6, 6.07) is 23.2. The first kappa shape index (κ1) is 24.7. The number of amides is 1. The number of terminal acetylenes is 1. The average molecular weight is 526 g/mol. The van der Waals surface area contributed by atoms with Crippen LogP contribution in [-0.2, 0) is 14.8 Å². The van der Waals surface area contributed by atoms with Gasteiger partial charge < -0.3 is 0 Å². The highest BCUT2D eigenvalue weighted by atomic mass is 32.2. The fourth-order valence-electron chi connectivity index (χ4n) is 4.50. The number of aromatic nitrogens is 1. The summed E-state index contributed by atoms with van der Waals surface area (Å²) in [5.41, 5.74) is 3.15. The minimum Gasteiger partial charge on any atom is -0.296 e.